The second-order valence-electron chi connectivity index (χ2n) is 2.71. The zero-order valence-corrected chi connectivity index (χ0v) is 7.10. The minimum atomic E-state index is -0.692. The van der Waals surface area contributed by atoms with E-state index < -0.39 is 16.4 Å². The summed E-state index contributed by atoms with van der Waals surface area (Å²) in [5, 5.41) is 19.9. The van der Waals surface area contributed by atoms with Crippen molar-refractivity contribution in [3.8, 4) is 17.2 Å². The molecule has 0 fully saturated rings. The highest BCUT2D eigenvalue weighted by Crippen LogP contribution is 2.44. The quantitative estimate of drug-likeness (QED) is 0.537. The summed E-state index contributed by atoms with van der Waals surface area (Å²) in [6.45, 7) is 0.603. The van der Waals surface area contributed by atoms with Gasteiger partial charge in [-0.05, 0) is 12.1 Å². The molecule has 1 aliphatic rings. The number of phenols is 1. The first-order chi connectivity index (χ1) is 6.70. The lowest BCUT2D eigenvalue weighted by Gasteiger charge is -2.17. The second-order valence-corrected chi connectivity index (χ2v) is 2.71. The molecule has 0 bridgehead atoms. The number of ether oxygens (including phenoxy) is 2. The van der Waals surface area contributed by atoms with E-state index in [4.69, 9.17) is 9.47 Å². The van der Waals surface area contributed by atoms with E-state index in [1.54, 1.807) is 0 Å². The second kappa shape index (κ2) is 3.06. The molecule has 2 rings (SSSR count). The number of fused-ring (bicyclic) bond motifs is 1. The van der Waals surface area contributed by atoms with Crippen molar-refractivity contribution in [2.45, 2.75) is 0 Å². The SMILES string of the molecule is O=[N+]([O-])c1c(O)ccc2c1OCCO2. The van der Waals surface area contributed by atoms with Crippen LogP contribution >= 0.6 is 0 Å². The van der Waals surface area contributed by atoms with Crippen LogP contribution in [0.2, 0.25) is 0 Å². The van der Waals surface area contributed by atoms with Crippen LogP contribution in [0.4, 0.5) is 5.69 Å². The largest absolute Gasteiger partial charge is 0.502 e. The molecule has 0 aliphatic carbocycles. The normalized spacial score (nSPS) is 13.7. The number of hydrogen-bond donors (Lipinski definition) is 1. The van der Waals surface area contributed by atoms with Crippen LogP contribution in [0.25, 0.3) is 0 Å². The Hall–Kier alpha value is -1.98. The molecule has 0 unspecified atom stereocenters. The smallest absolute Gasteiger partial charge is 0.356 e. The van der Waals surface area contributed by atoms with E-state index >= 15 is 0 Å². The molecule has 74 valence electrons. The van der Waals surface area contributed by atoms with E-state index in [2.05, 4.69) is 0 Å². The summed E-state index contributed by atoms with van der Waals surface area (Å²) in [5.41, 5.74) is -0.442. The molecule has 0 saturated carbocycles. The monoisotopic (exact) mass is 197 g/mol. The maximum absolute atomic E-state index is 10.6. The third-order valence-electron chi connectivity index (χ3n) is 1.84. The van der Waals surface area contributed by atoms with Crippen molar-refractivity contribution in [3.05, 3.63) is 22.2 Å². The first kappa shape index (κ1) is 8.61. The molecule has 0 saturated heterocycles. The van der Waals surface area contributed by atoms with Crippen LogP contribution in [0.1, 0.15) is 0 Å². The zero-order chi connectivity index (χ0) is 10.1. The van der Waals surface area contributed by atoms with E-state index in [0.29, 0.717) is 12.4 Å². The summed E-state index contributed by atoms with van der Waals surface area (Å²) in [5.74, 6) is -0.124. The maximum atomic E-state index is 10.6. The average molecular weight is 197 g/mol. The van der Waals surface area contributed by atoms with Gasteiger partial charge in [0.15, 0.2) is 11.5 Å². The predicted octanol–water partition coefficient (Wildman–Crippen LogP) is 1.07. The van der Waals surface area contributed by atoms with Gasteiger partial charge in [-0.1, -0.05) is 0 Å². The molecular weight excluding hydrogens is 190 g/mol. The van der Waals surface area contributed by atoms with Gasteiger partial charge < -0.3 is 14.6 Å². The van der Waals surface area contributed by atoms with Crippen molar-refractivity contribution in [1.29, 1.82) is 0 Å². The minimum Gasteiger partial charge on any atom is -0.502 e. The Labute approximate surface area is 78.8 Å². The summed E-state index contributed by atoms with van der Waals surface area (Å²) in [7, 11) is 0. The first-order valence-electron chi connectivity index (χ1n) is 3.96. The molecule has 0 aromatic heterocycles. The van der Waals surface area contributed by atoms with Crippen molar-refractivity contribution < 1.29 is 19.5 Å². The fraction of sp³-hybridized carbons (Fsp3) is 0.250. The van der Waals surface area contributed by atoms with Crippen LogP contribution < -0.4 is 9.47 Å². The highest BCUT2D eigenvalue weighted by molar-refractivity contribution is 5.63. The summed E-state index contributed by atoms with van der Waals surface area (Å²) >= 11 is 0. The molecule has 1 aromatic rings. The standard InChI is InChI=1S/C8H7NO5/c10-5-1-2-6-8(7(5)9(11)12)14-4-3-13-6/h1-2,10H,3-4H2. The Balaban J connectivity index is 2.60. The van der Waals surface area contributed by atoms with Crippen molar-refractivity contribution >= 4 is 5.69 Å². The van der Waals surface area contributed by atoms with Crippen LogP contribution in [0.15, 0.2) is 12.1 Å². The highest BCUT2D eigenvalue weighted by atomic mass is 16.6. The number of aromatic hydroxyl groups is 1. The fourth-order valence-electron chi connectivity index (χ4n) is 1.27. The molecule has 0 radical (unpaired) electrons. The topological polar surface area (TPSA) is 81.8 Å². The van der Waals surface area contributed by atoms with Crippen LogP contribution in [0.5, 0.6) is 17.2 Å². The number of phenolic OH excluding ortho intramolecular Hbond substituents is 1. The molecule has 0 atom stereocenters. The van der Waals surface area contributed by atoms with E-state index in [1.165, 1.54) is 12.1 Å². The molecule has 1 aliphatic heterocycles. The zero-order valence-electron chi connectivity index (χ0n) is 7.10. The Bertz CT molecular complexity index is 390. The maximum Gasteiger partial charge on any atom is 0.356 e. The van der Waals surface area contributed by atoms with E-state index in [-0.39, 0.29) is 12.4 Å². The third kappa shape index (κ3) is 1.20. The summed E-state index contributed by atoms with van der Waals surface area (Å²) in [4.78, 5) is 9.91. The number of nitrogens with zero attached hydrogens (tertiary/aromatic N) is 1. The van der Waals surface area contributed by atoms with Crippen LogP contribution in [-0.2, 0) is 0 Å². The Morgan fingerprint density at radius 3 is 2.79 bits per heavy atom. The van der Waals surface area contributed by atoms with Crippen LogP contribution in [-0.4, -0.2) is 23.2 Å². The van der Waals surface area contributed by atoms with Gasteiger partial charge in [0, 0.05) is 0 Å². The molecule has 14 heavy (non-hydrogen) atoms. The van der Waals surface area contributed by atoms with Gasteiger partial charge in [-0.15, -0.1) is 0 Å². The number of rotatable bonds is 1. The molecule has 1 heterocycles. The van der Waals surface area contributed by atoms with Gasteiger partial charge in [0.25, 0.3) is 0 Å². The lowest BCUT2D eigenvalue weighted by atomic mass is 10.2. The highest BCUT2D eigenvalue weighted by Gasteiger charge is 2.27. The van der Waals surface area contributed by atoms with Gasteiger partial charge in [-0.2, -0.15) is 0 Å². The lowest BCUT2D eigenvalue weighted by Crippen LogP contribution is -2.16. The van der Waals surface area contributed by atoms with Crippen molar-refractivity contribution in [3.63, 3.8) is 0 Å². The third-order valence-corrected chi connectivity index (χ3v) is 1.84. The van der Waals surface area contributed by atoms with Crippen LogP contribution in [0, 0.1) is 10.1 Å². The van der Waals surface area contributed by atoms with Gasteiger partial charge in [0.2, 0.25) is 5.75 Å². The van der Waals surface area contributed by atoms with Crippen molar-refractivity contribution in [1.82, 2.24) is 0 Å². The lowest BCUT2D eigenvalue weighted by molar-refractivity contribution is -0.387. The summed E-state index contributed by atoms with van der Waals surface area (Å²) in [6, 6.07) is 2.66. The molecule has 0 spiro atoms. The van der Waals surface area contributed by atoms with Gasteiger partial charge in [0.05, 0.1) is 4.92 Å². The molecule has 1 aromatic carbocycles. The van der Waals surface area contributed by atoms with Gasteiger partial charge in [-0.25, -0.2) is 0 Å². The van der Waals surface area contributed by atoms with E-state index in [9.17, 15) is 15.2 Å². The Morgan fingerprint density at radius 1 is 1.36 bits per heavy atom. The minimum absolute atomic E-state index is 0.00116. The molecule has 6 heteroatoms. The number of nitro benzene ring substituents is 1. The van der Waals surface area contributed by atoms with Gasteiger partial charge in [0.1, 0.15) is 13.2 Å². The predicted molar refractivity (Wildman–Crippen MR) is 45.8 cm³/mol. The Morgan fingerprint density at radius 2 is 2.07 bits per heavy atom. The van der Waals surface area contributed by atoms with Crippen molar-refractivity contribution in [2.24, 2.45) is 0 Å². The fourth-order valence-corrected chi connectivity index (χ4v) is 1.27. The number of nitro groups is 1. The molecule has 6 nitrogen and oxygen atoms in total. The van der Waals surface area contributed by atoms with E-state index in [1.807, 2.05) is 0 Å². The number of hydrogen-bond acceptors (Lipinski definition) is 5. The number of benzene rings is 1. The van der Waals surface area contributed by atoms with Gasteiger partial charge in [-0.3, -0.25) is 10.1 Å². The van der Waals surface area contributed by atoms with Crippen molar-refractivity contribution in [2.75, 3.05) is 13.2 Å². The van der Waals surface area contributed by atoms with Gasteiger partial charge >= 0.3 is 5.69 Å². The summed E-state index contributed by atoms with van der Waals surface area (Å²) in [6.07, 6.45) is 0. The first-order valence-corrected chi connectivity index (χ1v) is 3.96. The molecule has 1 N–H and O–H groups in total. The Kier molecular flexibility index (Phi) is 1.88. The van der Waals surface area contributed by atoms with E-state index in [0.717, 1.165) is 0 Å². The van der Waals surface area contributed by atoms with Crippen LogP contribution in [0.3, 0.4) is 0 Å². The molecular formula is C8H7NO5. The average Bonchev–Trinajstić information content (AvgIpc) is 2.17. The summed E-state index contributed by atoms with van der Waals surface area (Å²) < 4.78 is 10.2. The molecule has 0 amide bonds.